The fourth-order valence-electron chi connectivity index (χ4n) is 2.98. The predicted molar refractivity (Wildman–Crippen MR) is 108 cm³/mol. The van der Waals surface area contributed by atoms with Crippen molar-refractivity contribution in [3.8, 4) is 0 Å². The van der Waals surface area contributed by atoms with E-state index >= 15 is 0 Å². The maximum Gasteiger partial charge on any atom is 0.289 e. The lowest BCUT2D eigenvalue weighted by molar-refractivity contribution is -0.127. The molecule has 1 saturated heterocycles. The molecule has 2 aromatic rings. The number of piperazine rings is 1. The molecule has 2 amide bonds. The minimum atomic E-state index is -0.110. The van der Waals surface area contributed by atoms with Crippen molar-refractivity contribution in [3.63, 3.8) is 0 Å². The van der Waals surface area contributed by atoms with Gasteiger partial charge in [-0.15, -0.1) is 0 Å². The van der Waals surface area contributed by atoms with Gasteiger partial charge in [-0.25, -0.2) is 4.99 Å². The highest BCUT2D eigenvalue weighted by Crippen LogP contribution is 2.10. The molecule has 29 heavy (non-hydrogen) atoms. The summed E-state index contributed by atoms with van der Waals surface area (Å²) in [5, 5.41) is 3.32. The standard InChI is InChI=1S/C20H27N5O4/c1-23(2)18(26)15-22-20(21-8-7-16-5-3-13-28-16)25-11-9-24(10-12-25)19(27)17-6-4-14-29-17/h3-6,13-14H,7-12,15H2,1-2H3,(H,21,22). The van der Waals surface area contributed by atoms with Crippen LogP contribution in [0.25, 0.3) is 0 Å². The summed E-state index contributed by atoms with van der Waals surface area (Å²) in [6.07, 6.45) is 3.86. The SMILES string of the molecule is CN(C)C(=O)CN=C(NCCc1ccco1)N1CCN(C(=O)c2ccco2)CC1. The first-order valence-corrected chi connectivity index (χ1v) is 9.63. The van der Waals surface area contributed by atoms with Crippen molar-refractivity contribution in [2.45, 2.75) is 6.42 Å². The lowest BCUT2D eigenvalue weighted by Gasteiger charge is -2.36. The zero-order valence-electron chi connectivity index (χ0n) is 16.8. The third-order valence-corrected chi connectivity index (χ3v) is 4.70. The average molecular weight is 401 g/mol. The molecule has 0 unspecified atom stereocenters. The van der Waals surface area contributed by atoms with Crippen LogP contribution in [0, 0.1) is 0 Å². The van der Waals surface area contributed by atoms with Gasteiger partial charge in [0.15, 0.2) is 11.7 Å². The van der Waals surface area contributed by atoms with E-state index in [4.69, 9.17) is 8.83 Å². The molecular formula is C20H27N5O4. The first-order valence-electron chi connectivity index (χ1n) is 9.63. The molecule has 156 valence electrons. The van der Waals surface area contributed by atoms with E-state index in [1.165, 1.54) is 11.2 Å². The Morgan fingerprint density at radius 3 is 2.38 bits per heavy atom. The van der Waals surface area contributed by atoms with E-state index < -0.39 is 0 Å². The van der Waals surface area contributed by atoms with Gasteiger partial charge in [-0.05, 0) is 24.3 Å². The summed E-state index contributed by atoms with van der Waals surface area (Å²) in [4.78, 5) is 34.2. The first-order chi connectivity index (χ1) is 14.0. The van der Waals surface area contributed by atoms with Crippen molar-refractivity contribution in [2.75, 3.05) is 53.4 Å². The van der Waals surface area contributed by atoms with Gasteiger partial charge in [0.2, 0.25) is 5.91 Å². The van der Waals surface area contributed by atoms with E-state index in [9.17, 15) is 9.59 Å². The van der Waals surface area contributed by atoms with Crippen LogP contribution in [0.15, 0.2) is 50.6 Å². The molecule has 0 bridgehead atoms. The number of rotatable bonds is 6. The van der Waals surface area contributed by atoms with E-state index in [1.807, 2.05) is 12.1 Å². The van der Waals surface area contributed by atoms with Gasteiger partial charge in [0.25, 0.3) is 5.91 Å². The van der Waals surface area contributed by atoms with E-state index in [2.05, 4.69) is 15.2 Å². The highest BCUT2D eigenvalue weighted by Gasteiger charge is 2.25. The Morgan fingerprint density at radius 1 is 1.07 bits per heavy atom. The highest BCUT2D eigenvalue weighted by molar-refractivity contribution is 5.91. The topological polar surface area (TPSA) is 94.5 Å². The van der Waals surface area contributed by atoms with Crippen LogP contribution in [-0.2, 0) is 11.2 Å². The van der Waals surface area contributed by atoms with Gasteiger partial charge in [-0.1, -0.05) is 0 Å². The number of furan rings is 2. The number of nitrogens with one attached hydrogen (secondary N) is 1. The zero-order valence-corrected chi connectivity index (χ0v) is 16.8. The molecule has 2 aromatic heterocycles. The summed E-state index contributed by atoms with van der Waals surface area (Å²) in [5.41, 5.74) is 0. The molecule has 1 N–H and O–H groups in total. The van der Waals surface area contributed by atoms with Crippen molar-refractivity contribution in [1.82, 2.24) is 20.0 Å². The Kier molecular flexibility index (Phi) is 6.94. The number of aliphatic imine (C=N–C) groups is 1. The Labute approximate surface area is 169 Å². The summed E-state index contributed by atoms with van der Waals surface area (Å²) < 4.78 is 10.6. The number of hydrogen-bond donors (Lipinski definition) is 1. The third-order valence-electron chi connectivity index (χ3n) is 4.70. The second-order valence-corrected chi connectivity index (χ2v) is 6.94. The minimum absolute atomic E-state index is 0.0676. The predicted octanol–water partition coefficient (Wildman–Crippen LogP) is 0.907. The molecule has 3 rings (SSSR count). The van der Waals surface area contributed by atoms with Gasteiger partial charge in [0, 0.05) is 53.2 Å². The number of carbonyl (C=O) groups is 2. The number of guanidine groups is 1. The smallest absolute Gasteiger partial charge is 0.289 e. The van der Waals surface area contributed by atoms with Gasteiger partial charge < -0.3 is 28.9 Å². The molecular weight excluding hydrogens is 374 g/mol. The fraction of sp³-hybridized carbons (Fsp3) is 0.450. The number of carbonyl (C=O) groups excluding carboxylic acids is 2. The van der Waals surface area contributed by atoms with Crippen molar-refractivity contribution in [1.29, 1.82) is 0 Å². The molecule has 1 aliphatic heterocycles. The maximum absolute atomic E-state index is 12.4. The lowest BCUT2D eigenvalue weighted by atomic mass is 10.3. The molecule has 0 aromatic carbocycles. The highest BCUT2D eigenvalue weighted by atomic mass is 16.3. The largest absolute Gasteiger partial charge is 0.469 e. The summed E-state index contributed by atoms with van der Waals surface area (Å²) >= 11 is 0. The van der Waals surface area contributed by atoms with Gasteiger partial charge in [-0.3, -0.25) is 9.59 Å². The number of amides is 2. The number of nitrogens with zero attached hydrogens (tertiary/aromatic N) is 4. The van der Waals surface area contributed by atoms with Crippen LogP contribution in [0.1, 0.15) is 16.3 Å². The Morgan fingerprint density at radius 2 is 1.76 bits per heavy atom. The van der Waals surface area contributed by atoms with Gasteiger partial charge in [-0.2, -0.15) is 0 Å². The van der Waals surface area contributed by atoms with Crippen molar-refractivity contribution >= 4 is 17.8 Å². The molecule has 1 fully saturated rings. The second kappa shape index (κ2) is 9.81. The van der Waals surface area contributed by atoms with Crippen LogP contribution < -0.4 is 5.32 Å². The van der Waals surface area contributed by atoms with E-state index in [0.29, 0.717) is 50.9 Å². The lowest BCUT2D eigenvalue weighted by Crippen LogP contribution is -2.54. The van der Waals surface area contributed by atoms with E-state index in [1.54, 1.807) is 37.4 Å². The molecule has 3 heterocycles. The van der Waals surface area contributed by atoms with E-state index in [0.717, 1.165) is 5.76 Å². The molecule has 0 atom stereocenters. The summed E-state index contributed by atoms with van der Waals surface area (Å²) in [5.74, 6) is 1.72. The summed E-state index contributed by atoms with van der Waals surface area (Å²) in [6.45, 7) is 3.06. The van der Waals surface area contributed by atoms with Crippen LogP contribution in [0.4, 0.5) is 0 Å². The van der Waals surface area contributed by atoms with Crippen molar-refractivity contribution < 1.29 is 18.4 Å². The summed E-state index contributed by atoms with van der Waals surface area (Å²) in [7, 11) is 3.42. The van der Waals surface area contributed by atoms with Gasteiger partial charge in [0.05, 0.1) is 12.5 Å². The zero-order chi connectivity index (χ0) is 20.6. The van der Waals surface area contributed by atoms with Crippen LogP contribution >= 0.6 is 0 Å². The van der Waals surface area contributed by atoms with Crippen LogP contribution in [0.3, 0.4) is 0 Å². The average Bonchev–Trinajstić information content (AvgIpc) is 3.44. The number of hydrogen-bond acceptors (Lipinski definition) is 5. The van der Waals surface area contributed by atoms with Crippen molar-refractivity contribution in [2.24, 2.45) is 4.99 Å². The summed E-state index contributed by atoms with van der Waals surface area (Å²) in [6, 6.07) is 7.16. The maximum atomic E-state index is 12.4. The molecule has 1 aliphatic rings. The minimum Gasteiger partial charge on any atom is -0.469 e. The van der Waals surface area contributed by atoms with Crippen LogP contribution in [-0.4, -0.2) is 85.8 Å². The second-order valence-electron chi connectivity index (χ2n) is 6.94. The molecule has 0 radical (unpaired) electrons. The Hall–Kier alpha value is -3.23. The normalized spacial score (nSPS) is 14.8. The molecule has 9 nitrogen and oxygen atoms in total. The van der Waals surface area contributed by atoms with Crippen LogP contribution in [0.2, 0.25) is 0 Å². The van der Waals surface area contributed by atoms with Gasteiger partial charge >= 0.3 is 0 Å². The van der Waals surface area contributed by atoms with Crippen molar-refractivity contribution in [3.05, 3.63) is 48.3 Å². The quantitative estimate of drug-likeness (QED) is 0.571. The van der Waals surface area contributed by atoms with Gasteiger partial charge in [0.1, 0.15) is 12.3 Å². The molecule has 0 aliphatic carbocycles. The Balaban J connectivity index is 1.58. The molecule has 0 saturated carbocycles. The Bertz CT molecular complexity index is 806. The molecule has 9 heteroatoms. The third kappa shape index (κ3) is 5.63. The first kappa shape index (κ1) is 20.5. The van der Waals surface area contributed by atoms with Crippen LogP contribution in [0.5, 0.6) is 0 Å². The van der Waals surface area contributed by atoms with E-state index in [-0.39, 0.29) is 18.4 Å². The molecule has 0 spiro atoms. The monoisotopic (exact) mass is 401 g/mol. The fourth-order valence-corrected chi connectivity index (χ4v) is 2.98. The number of likely N-dealkylation sites (N-methyl/N-ethyl adjacent to an activating group) is 1.